The molecule has 2 aromatic carbocycles. The molecule has 0 heterocycles. The lowest BCUT2D eigenvalue weighted by atomic mass is 10.2. The molecule has 24 heavy (non-hydrogen) atoms. The van der Waals surface area contributed by atoms with Gasteiger partial charge in [-0.15, -0.1) is 0 Å². The number of amides is 2. The van der Waals surface area contributed by atoms with E-state index in [2.05, 4.69) is 31.8 Å². The lowest BCUT2D eigenvalue weighted by Crippen LogP contribution is -2.24. The third kappa shape index (κ3) is 4.99. The molecule has 2 N–H and O–H groups in total. The highest BCUT2D eigenvalue weighted by Crippen LogP contribution is 2.36. The lowest BCUT2D eigenvalue weighted by molar-refractivity contribution is 0.252. The highest BCUT2D eigenvalue weighted by atomic mass is 79.9. The molecule has 0 aliphatic rings. The summed E-state index contributed by atoms with van der Waals surface area (Å²) in [5, 5.41) is 6.60. The molecule has 0 saturated heterocycles. The van der Waals surface area contributed by atoms with Crippen LogP contribution in [0.5, 0.6) is 11.5 Å². The predicted molar refractivity (Wildman–Crippen MR) is 98.1 cm³/mol. The van der Waals surface area contributed by atoms with Crippen LogP contribution in [0, 0.1) is 0 Å². The second kappa shape index (κ2) is 8.93. The Balaban J connectivity index is 2.02. The number of hydrazone groups is 1. The van der Waals surface area contributed by atoms with Gasteiger partial charge in [0.05, 0.1) is 24.4 Å². The Labute approximate surface area is 149 Å². The first kappa shape index (κ1) is 17.8. The first-order valence-electron chi connectivity index (χ1n) is 7.29. The number of hydrogen-bond donors (Lipinski definition) is 2. The predicted octanol–water partition coefficient (Wildman–Crippen LogP) is 4.01. The Hall–Kier alpha value is -2.54. The third-order valence-electron chi connectivity index (χ3n) is 2.95. The topological polar surface area (TPSA) is 72.0 Å². The molecule has 0 aromatic heterocycles. The molecule has 2 rings (SSSR count). The molecule has 0 aliphatic carbocycles. The second-order valence-corrected chi connectivity index (χ2v) is 5.51. The maximum Gasteiger partial charge on any atom is 0.339 e. The summed E-state index contributed by atoms with van der Waals surface area (Å²) >= 11 is 3.43. The fourth-order valence-electron chi connectivity index (χ4n) is 1.97. The zero-order chi connectivity index (χ0) is 17.4. The highest BCUT2D eigenvalue weighted by molar-refractivity contribution is 9.10. The Morgan fingerprint density at radius 1 is 1.29 bits per heavy atom. The van der Waals surface area contributed by atoms with E-state index in [1.165, 1.54) is 6.21 Å². The normalized spacial score (nSPS) is 10.5. The number of methoxy groups -OCH3 is 1. The first-order valence-corrected chi connectivity index (χ1v) is 8.08. The Morgan fingerprint density at radius 2 is 2.04 bits per heavy atom. The Morgan fingerprint density at radius 3 is 2.71 bits per heavy atom. The van der Waals surface area contributed by atoms with E-state index in [-0.39, 0.29) is 0 Å². The summed E-state index contributed by atoms with van der Waals surface area (Å²) in [6.45, 7) is 2.41. The third-order valence-corrected chi connectivity index (χ3v) is 3.54. The number of hydrogen-bond acceptors (Lipinski definition) is 4. The summed E-state index contributed by atoms with van der Waals surface area (Å²) in [5.41, 5.74) is 3.86. The molecule has 0 bridgehead atoms. The van der Waals surface area contributed by atoms with Crippen molar-refractivity contribution in [1.29, 1.82) is 0 Å². The van der Waals surface area contributed by atoms with E-state index in [0.29, 0.717) is 23.8 Å². The fraction of sp³-hybridized carbons (Fsp3) is 0.176. The minimum Gasteiger partial charge on any atom is -0.492 e. The SMILES string of the molecule is CCOc1cc(/C=N\NC(=O)Nc2ccccc2)cc(Br)c1OC. The van der Waals surface area contributed by atoms with Gasteiger partial charge in [0.15, 0.2) is 11.5 Å². The van der Waals surface area contributed by atoms with Crippen LogP contribution in [0.15, 0.2) is 52.0 Å². The zero-order valence-corrected chi connectivity index (χ0v) is 15.0. The molecule has 0 spiro atoms. The summed E-state index contributed by atoms with van der Waals surface area (Å²) in [5.74, 6) is 1.22. The molecule has 0 atom stereocenters. The Bertz CT molecular complexity index is 721. The number of ether oxygens (including phenoxy) is 2. The van der Waals surface area contributed by atoms with Gasteiger partial charge in [-0.05, 0) is 52.7 Å². The number of benzene rings is 2. The molecule has 0 saturated carbocycles. The summed E-state index contributed by atoms with van der Waals surface area (Å²) in [6, 6.07) is 12.3. The summed E-state index contributed by atoms with van der Waals surface area (Å²) in [7, 11) is 1.58. The van der Waals surface area contributed by atoms with Gasteiger partial charge in [-0.3, -0.25) is 0 Å². The zero-order valence-electron chi connectivity index (χ0n) is 13.4. The number of urea groups is 1. The van der Waals surface area contributed by atoms with Crippen LogP contribution in [-0.2, 0) is 0 Å². The molecule has 0 fully saturated rings. The van der Waals surface area contributed by atoms with Crippen molar-refractivity contribution < 1.29 is 14.3 Å². The molecule has 0 aliphatic heterocycles. The van der Waals surface area contributed by atoms with Gasteiger partial charge in [-0.25, -0.2) is 10.2 Å². The number of anilines is 1. The Kier molecular flexibility index (Phi) is 6.62. The summed E-state index contributed by atoms with van der Waals surface area (Å²) < 4.78 is 11.6. The molecule has 126 valence electrons. The van der Waals surface area contributed by atoms with Crippen LogP contribution >= 0.6 is 15.9 Å². The van der Waals surface area contributed by atoms with E-state index in [4.69, 9.17) is 9.47 Å². The van der Waals surface area contributed by atoms with Crippen molar-refractivity contribution in [2.45, 2.75) is 6.92 Å². The summed E-state index contributed by atoms with van der Waals surface area (Å²) in [4.78, 5) is 11.7. The number of halogens is 1. The van der Waals surface area contributed by atoms with Crippen LogP contribution in [0.25, 0.3) is 0 Å². The van der Waals surface area contributed by atoms with Crippen LogP contribution < -0.4 is 20.2 Å². The van der Waals surface area contributed by atoms with Crippen LogP contribution in [-0.4, -0.2) is 26.0 Å². The number of carbonyl (C=O) groups is 1. The van der Waals surface area contributed by atoms with E-state index in [9.17, 15) is 4.79 Å². The van der Waals surface area contributed by atoms with E-state index < -0.39 is 6.03 Å². The standard InChI is InChI=1S/C17H18BrN3O3/c1-3-24-15-10-12(9-14(18)16(15)23-2)11-19-21-17(22)20-13-7-5-4-6-8-13/h4-11H,3H2,1-2H3,(H2,20,21,22)/b19-11-. The van der Waals surface area contributed by atoms with E-state index in [1.807, 2.05) is 31.2 Å². The quantitative estimate of drug-likeness (QED) is 0.576. The second-order valence-electron chi connectivity index (χ2n) is 4.66. The van der Waals surface area contributed by atoms with Gasteiger partial charge in [-0.2, -0.15) is 5.10 Å². The number of rotatable bonds is 6. The molecular weight excluding hydrogens is 374 g/mol. The molecular formula is C17H18BrN3O3. The van der Waals surface area contributed by atoms with Crippen molar-refractivity contribution in [1.82, 2.24) is 5.43 Å². The maximum atomic E-state index is 11.7. The molecule has 0 unspecified atom stereocenters. The van der Waals surface area contributed by atoms with Gasteiger partial charge in [0, 0.05) is 5.69 Å². The summed E-state index contributed by atoms with van der Waals surface area (Å²) in [6.07, 6.45) is 1.53. The van der Waals surface area contributed by atoms with Crippen LogP contribution in [0.4, 0.5) is 10.5 Å². The van der Waals surface area contributed by atoms with Crippen molar-refractivity contribution in [3.8, 4) is 11.5 Å². The minimum absolute atomic E-state index is 0.421. The molecule has 2 amide bonds. The van der Waals surface area contributed by atoms with Crippen molar-refractivity contribution in [2.24, 2.45) is 5.10 Å². The van der Waals surface area contributed by atoms with Crippen molar-refractivity contribution in [3.05, 3.63) is 52.5 Å². The van der Waals surface area contributed by atoms with Crippen LogP contribution in [0.1, 0.15) is 12.5 Å². The molecule has 2 aromatic rings. The van der Waals surface area contributed by atoms with E-state index >= 15 is 0 Å². The minimum atomic E-state index is -0.421. The molecule has 0 radical (unpaired) electrons. The number of para-hydroxylation sites is 1. The smallest absolute Gasteiger partial charge is 0.339 e. The first-order chi connectivity index (χ1) is 11.6. The van der Waals surface area contributed by atoms with Gasteiger partial charge in [0.25, 0.3) is 0 Å². The van der Waals surface area contributed by atoms with Crippen LogP contribution in [0.3, 0.4) is 0 Å². The van der Waals surface area contributed by atoms with Gasteiger partial charge in [0.2, 0.25) is 0 Å². The van der Waals surface area contributed by atoms with Gasteiger partial charge < -0.3 is 14.8 Å². The lowest BCUT2D eigenvalue weighted by Gasteiger charge is -2.11. The van der Waals surface area contributed by atoms with E-state index in [1.54, 1.807) is 25.3 Å². The van der Waals surface area contributed by atoms with E-state index in [0.717, 1.165) is 10.0 Å². The average molecular weight is 392 g/mol. The van der Waals surface area contributed by atoms with Gasteiger partial charge in [0.1, 0.15) is 0 Å². The van der Waals surface area contributed by atoms with Crippen molar-refractivity contribution in [3.63, 3.8) is 0 Å². The fourth-order valence-corrected chi connectivity index (χ4v) is 2.59. The molecule has 6 nitrogen and oxygen atoms in total. The van der Waals surface area contributed by atoms with Gasteiger partial charge in [-0.1, -0.05) is 18.2 Å². The maximum absolute atomic E-state index is 11.7. The van der Waals surface area contributed by atoms with Gasteiger partial charge >= 0.3 is 6.03 Å². The van der Waals surface area contributed by atoms with Crippen molar-refractivity contribution in [2.75, 3.05) is 19.0 Å². The molecule has 7 heteroatoms. The number of nitrogens with one attached hydrogen (secondary N) is 2. The number of nitrogens with zero attached hydrogens (tertiary/aromatic N) is 1. The van der Waals surface area contributed by atoms with Crippen molar-refractivity contribution >= 4 is 33.9 Å². The number of carbonyl (C=O) groups excluding carboxylic acids is 1. The highest BCUT2D eigenvalue weighted by Gasteiger charge is 2.10. The largest absolute Gasteiger partial charge is 0.492 e. The van der Waals surface area contributed by atoms with Crippen LogP contribution in [0.2, 0.25) is 0 Å². The monoisotopic (exact) mass is 391 g/mol. The average Bonchev–Trinajstić information content (AvgIpc) is 2.56.